The first-order valence-electron chi connectivity index (χ1n) is 9.81. The van der Waals surface area contributed by atoms with Crippen LogP contribution in [0.5, 0.6) is 5.75 Å². The molecule has 5 rings (SSSR count). The van der Waals surface area contributed by atoms with E-state index >= 15 is 0 Å². The molecule has 0 aromatic heterocycles. The Kier molecular flexibility index (Phi) is 4.49. The molecule has 4 nitrogen and oxygen atoms in total. The quantitative estimate of drug-likeness (QED) is 0.649. The Balaban J connectivity index is 1.75. The van der Waals surface area contributed by atoms with E-state index in [1.165, 1.54) is 7.11 Å². The van der Waals surface area contributed by atoms with Crippen molar-refractivity contribution in [2.75, 3.05) is 7.11 Å². The van der Waals surface area contributed by atoms with Gasteiger partial charge in [-0.15, -0.1) is 0 Å². The van der Waals surface area contributed by atoms with Crippen molar-refractivity contribution >= 4 is 22.7 Å². The maximum atomic E-state index is 12.8. The zero-order chi connectivity index (χ0) is 20.7. The molecular formula is C26H20O4. The van der Waals surface area contributed by atoms with Crippen LogP contribution in [0.1, 0.15) is 16.7 Å². The second-order valence-electron chi connectivity index (χ2n) is 7.32. The Morgan fingerprint density at radius 3 is 1.77 bits per heavy atom. The topological polar surface area (TPSA) is 55.8 Å². The predicted molar refractivity (Wildman–Crippen MR) is 115 cm³/mol. The van der Waals surface area contributed by atoms with Gasteiger partial charge in [0.15, 0.2) is 0 Å². The van der Waals surface area contributed by atoms with Crippen LogP contribution in [-0.2, 0) is 14.3 Å². The van der Waals surface area contributed by atoms with Gasteiger partial charge in [-0.1, -0.05) is 72.8 Å². The molecule has 0 spiro atoms. The maximum absolute atomic E-state index is 12.8. The molecule has 2 bridgehead atoms. The third-order valence-electron chi connectivity index (χ3n) is 5.65. The first-order chi connectivity index (χ1) is 14.7. The molecule has 2 atom stereocenters. The van der Waals surface area contributed by atoms with Crippen molar-refractivity contribution in [1.29, 1.82) is 0 Å². The molecule has 0 aliphatic carbocycles. The summed E-state index contributed by atoms with van der Waals surface area (Å²) >= 11 is 0. The standard InChI is InChI=1S/C26H20O4/c1-29-26(28)23-22(18-12-14-19(27)15-13-18)24-20(16-8-4-2-5-9-16)21(25(23)30-24)17-10-6-3-7-11-17/h2-15,24-25,27H,1H3. The van der Waals surface area contributed by atoms with Crippen LogP contribution in [0.25, 0.3) is 16.7 Å². The van der Waals surface area contributed by atoms with Gasteiger partial charge in [-0.25, -0.2) is 4.79 Å². The van der Waals surface area contributed by atoms with E-state index in [1.54, 1.807) is 12.1 Å². The van der Waals surface area contributed by atoms with Gasteiger partial charge in [0, 0.05) is 5.57 Å². The number of benzene rings is 3. The highest BCUT2D eigenvalue weighted by Crippen LogP contribution is 2.54. The van der Waals surface area contributed by atoms with Crippen LogP contribution in [0.4, 0.5) is 0 Å². The highest BCUT2D eigenvalue weighted by molar-refractivity contribution is 6.15. The smallest absolute Gasteiger partial charge is 0.337 e. The van der Waals surface area contributed by atoms with E-state index in [0.717, 1.165) is 33.4 Å². The van der Waals surface area contributed by atoms with Crippen molar-refractivity contribution in [3.05, 3.63) is 107 Å². The van der Waals surface area contributed by atoms with Crippen LogP contribution < -0.4 is 0 Å². The van der Waals surface area contributed by atoms with Crippen LogP contribution in [0, 0.1) is 0 Å². The molecule has 2 unspecified atom stereocenters. The monoisotopic (exact) mass is 396 g/mol. The zero-order valence-electron chi connectivity index (χ0n) is 16.4. The minimum absolute atomic E-state index is 0.173. The average molecular weight is 396 g/mol. The molecule has 2 heterocycles. The van der Waals surface area contributed by atoms with Crippen LogP contribution in [-0.4, -0.2) is 30.4 Å². The normalized spacial score (nSPS) is 20.0. The average Bonchev–Trinajstić information content (AvgIpc) is 3.37. The molecule has 2 aliphatic heterocycles. The lowest BCUT2D eigenvalue weighted by molar-refractivity contribution is -0.136. The summed E-state index contributed by atoms with van der Waals surface area (Å²) in [6.07, 6.45) is -0.907. The molecule has 4 heteroatoms. The fraction of sp³-hybridized carbons (Fsp3) is 0.115. The van der Waals surface area contributed by atoms with Crippen molar-refractivity contribution in [3.8, 4) is 5.75 Å². The Hall–Kier alpha value is -3.63. The highest BCUT2D eigenvalue weighted by atomic mass is 16.5. The minimum atomic E-state index is -0.510. The number of carbonyl (C=O) groups excluding carboxylic acids is 1. The van der Waals surface area contributed by atoms with E-state index in [0.29, 0.717) is 5.57 Å². The van der Waals surface area contributed by atoms with Gasteiger partial charge in [0.05, 0.1) is 12.7 Å². The molecular weight excluding hydrogens is 376 g/mol. The number of hydrogen-bond acceptors (Lipinski definition) is 4. The number of phenolic OH excluding ortho intramolecular Hbond substituents is 1. The summed E-state index contributed by atoms with van der Waals surface area (Å²) in [7, 11) is 1.39. The van der Waals surface area contributed by atoms with Gasteiger partial charge in [0.2, 0.25) is 0 Å². The van der Waals surface area contributed by atoms with Crippen LogP contribution in [0.3, 0.4) is 0 Å². The summed E-state index contributed by atoms with van der Waals surface area (Å²) < 4.78 is 11.6. The van der Waals surface area contributed by atoms with Gasteiger partial charge < -0.3 is 14.6 Å². The van der Waals surface area contributed by atoms with E-state index in [-0.39, 0.29) is 5.75 Å². The molecule has 3 aromatic rings. The maximum Gasteiger partial charge on any atom is 0.337 e. The predicted octanol–water partition coefficient (Wildman–Crippen LogP) is 4.71. The lowest BCUT2D eigenvalue weighted by Crippen LogP contribution is -2.20. The van der Waals surface area contributed by atoms with Gasteiger partial charge in [-0.2, -0.15) is 0 Å². The Bertz CT molecular complexity index is 1160. The minimum Gasteiger partial charge on any atom is -0.508 e. The number of phenols is 1. The third kappa shape index (κ3) is 2.85. The first-order valence-corrected chi connectivity index (χ1v) is 9.81. The lowest BCUT2D eigenvalue weighted by atomic mass is 9.78. The third-order valence-corrected chi connectivity index (χ3v) is 5.65. The van der Waals surface area contributed by atoms with E-state index in [2.05, 4.69) is 12.1 Å². The summed E-state index contributed by atoms with van der Waals surface area (Å²) in [5, 5.41) is 9.73. The van der Waals surface area contributed by atoms with E-state index in [4.69, 9.17) is 9.47 Å². The number of aromatic hydroxyl groups is 1. The zero-order valence-corrected chi connectivity index (χ0v) is 16.4. The summed E-state index contributed by atoms with van der Waals surface area (Å²) in [6.45, 7) is 0. The largest absolute Gasteiger partial charge is 0.508 e. The fourth-order valence-electron chi connectivity index (χ4n) is 4.39. The number of methoxy groups -OCH3 is 1. The molecule has 0 saturated carbocycles. The Morgan fingerprint density at radius 2 is 1.23 bits per heavy atom. The molecule has 30 heavy (non-hydrogen) atoms. The van der Waals surface area contributed by atoms with Crippen molar-refractivity contribution in [1.82, 2.24) is 0 Å². The van der Waals surface area contributed by atoms with Gasteiger partial charge >= 0.3 is 5.97 Å². The molecule has 1 N–H and O–H groups in total. The van der Waals surface area contributed by atoms with Gasteiger partial charge in [-0.05, 0) is 40.0 Å². The molecule has 0 radical (unpaired) electrons. The number of carbonyl (C=O) groups is 1. The van der Waals surface area contributed by atoms with Crippen molar-refractivity contribution in [2.45, 2.75) is 12.2 Å². The lowest BCUT2D eigenvalue weighted by Gasteiger charge is -2.22. The van der Waals surface area contributed by atoms with Crippen molar-refractivity contribution in [3.63, 3.8) is 0 Å². The summed E-state index contributed by atoms with van der Waals surface area (Å²) in [5.74, 6) is -0.224. The Labute approximate surface area is 174 Å². The molecule has 3 aromatic carbocycles. The SMILES string of the molecule is COC(=O)C1=C(c2ccc(O)cc2)C2OC1C(c1ccccc1)=C2c1ccccc1. The molecule has 0 amide bonds. The Morgan fingerprint density at radius 1 is 0.733 bits per heavy atom. The fourth-order valence-corrected chi connectivity index (χ4v) is 4.39. The number of fused-ring (bicyclic) bond motifs is 2. The van der Waals surface area contributed by atoms with E-state index in [9.17, 15) is 9.90 Å². The molecule has 148 valence electrons. The molecule has 0 fully saturated rings. The van der Waals surface area contributed by atoms with Gasteiger partial charge in [0.25, 0.3) is 0 Å². The number of esters is 1. The summed E-state index contributed by atoms with van der Waals surface area (Å²) in [5.41, 5.74) is 6.29. The van der Waals surface area contributed by atoms with E-state index in [1.807, 2.05) is 60.7 Å². The van der Waals surface area contributed by atoms with Crippen molar-refractivity contribution in [2.24, 2.45) is 0 Å². The number of rotatable bonds is 4. The second kappa shape index (κ2) is 7.32. The number of ether oxygens (including phenoxy) is 2. The van der Waals surface area contributed by atoms with Crippen molar-refractivity contribution < 1.29 is 19.4 Å². The van der Waals surface area contributed by atoms with Crippen LogP contribution >= 0.6 is 0 Å². The van der Waals surface area contributed by atoms with E-state index < -0.39 is 18.2 Å². The molecule has 0 saturated heterocycles. The highest BCUT2D eigenvalue weighted by Gasteiger charge is 2.50. The number of hydrogen-bond donors (Lipinski definition) is 1. The summed E-state index contributed by atoms with van der Waals surface area (Å²) in [6, 6.07) is 27.0. The molecule has 2 aliphatic rings. The summed E-state index contributed by atoms with van der Waals surface area (Å²) in [4.78, 5) is 12.8. The van der Waals surface area contributed by atoms with Gasteiger partial charge in [0.1, 0.15) is 18.0 Å². The van der Waals surface area contributed by atoms with Crippen LogP contribution in [0.15, 0.2) is 90.5 Å². The van der Waals surface area contributed by atoms with Gasteiger partial charge in [-0.3, -0.25) is 0 Å². The second-order valence-corrected chi connectivity index (χ2v) is 7.32. The van der Waals surface area contributed by atoms with Crippen LogP contribution in [0.2, 0.25) is 0 Å². The first kappa shape index (κ1) is 18.4.